The number of rotatable bonds is 7. The third-order valence-electron chi connectivity index (χ3n) is 3.48. The van der Waals surface area contributed by atoms with Crippen molar-refractivity contribution >= 4 is 11.8 Å². The van der Waals surface area contributed by atoms with Crippen LogP contribution in [0.15, 0.2) is 47.1 Å². The number of carbonyl (C=O) groups excluding carboxylic acids is 2. The molecule has 0 fully saturated rings. The minimum absolute atomic E-state index is 0.108. The zero-order valence-corrected chi connectivity index (χ0v) is 13.6. The zero-order valence-electron chi connectivity index (χ0n) is 13.6. The second-order valence-corrected chi connectivity index (χ2v) is 5.49. The van der Waals surface area contributed by atoms with Gasteiger partial charge in [0.2, 0.25) is 5.91 Å². The lowest BCUT2D eigenvalue weighted by molar-refractivity contribution is -0.120. The van der Waals surface area contributed by atoms with E-state index in [0.29, 0.717) is 6.54 Å². The molecule has 1 heterocycles. The third kappa shape index (κ3) is 4.92. The number of nitrogens with one attached hydrogen (secondary N) is 2. The molecular formula is C17H20FN3O3. The lowest BCUT2D eigenvalue weighted by Gasteiger charge is -2.22. The van der Waals surface area contributed by atoms with Gasteiger partial charge in [-0.05, 0) is 44.4 Å². The number of halogens is 1. The maximum Gasteiger partial charge on any atom is 0.251 e. The van der Waals surface area contributed by atoms with Crippen molar-refractivity contribution in [3.63, 3.8) is 0 Å². The van der Waals surface area contributed by atoms with Crippen LogP contribution < -0.4 is 10.6 Å². The summed E-state index contributed by atoms with van der Waals surface area (Å²) in [6.45, 7) is 0.156. The van der Waals surface area contributed by atoms with Crippen LogP contribution >= 0.6 is 0 Å². The van der Waals surface area contributed by atoms with Gasteiger partial charge in [0, 0.05) is 12.1 Å². The topological polar surface area (TPSA) is 74.6 Å². The highest BCUT2D eigenvalue weighted by molar-refractivity contribution is 5.96. The Labute approximate surface area is 139 Å². The Hall–Kier alpha value is -2.67. The summed E-state index contributed by atoms with van der Waals surface area (Å²) in [5, 5.41) is 5.20. The van der Waals surface area contributed by atoms with Crippen LogP contribution in [-0.2, 0) is 4.79 Å². The van der Waals surface area contributed by atoms with Gasteiger partial charge < -0.3 is 15.1 Å². The second-order valence-electron chi connectivity index (χ2n) is 5.49. The van der Waals surface area contributed by atoms with E-state index in [9.17, 15) is 14.0 Å². The Morgan fingerprint density at radius 2 is 2.00 bits per heavy atom. The van der Waals surface area contributed by atoms with Crippen LogP contribution in [0.1, 0.15) is 22.2 Å². The molecule has 0 aliphatic carbocycles. The fourth-order valence-corrected chi connectivity index (χ4v) is 2.18. The quantitative estimate of drug-likeness (QED) is 0.806. The van der Waals surface area contributed by atoms with Gasteiger partial charge in [0.15, 0.2) is 0 Å². The molecule has 0 bridgehead atoms. The van der Waals surface area contributed by atoms with Gasteiger partial charge in [-0.3, -0.25) is 14.5 Å². The predicted octanol–water partition coefficient (Wildman–Crippen LogP) is 1.57. The Balaban J connectivity index is 1.81. The number of hydrogen-bond donors (Lipinski definition) is 2. The predicted molar refractivity (Wildman–Crippen MR) is 86.9 cm³/mol. The Morgan fingerprint density at radius 3 is 2.62 bits per heavy atom. The maximum atomic E-state index is 13.1. The molecule has 1 atom stereocenters. The molecule has 7 heteroatoms. The minimum Gasteiger partial charge on any atom is -0.468 e. The van der Waals surface area contributed by atoms with Crippen molar-refractivity contribution in [1.82, 2.24) is 15.5 Å². The molecule has 0 aliphatic rings. The molecule has 128 valence electrons. The smallest absolute Gasteiger partial charge is 0.251 e. The summed E-state index contributed by atoms with van der Waals surface area (Å²) in [5.41, 5.74) is 0.171. The molecule has 0 radical (unpaired) electrons. The van der Waals surface area contributed by atoms with Gasteiger partial charge in [-0.15, -0.1) is 0 Å². The first kappa shape index (κ1) is 17.7. The van der Waals surface area contributed by atoms with Gasteiger partial charge in [-0.2, -0.15) is 0 Å². The van der Waals surface area contributed by atoms with Gasteiger partial charge in [0.05, 0.1) is 18.8 Å². The van der Waals surface area contributed by atoms with Crippen LogP contribution in [0, 0.1) is 5.82 Å². The van der Waals surface area contributed by atoms with E-state index >= 15 is 0 Å². The molecule has 0 saturated carbocycles. The minimum atomic E-state index is -0.501. The van der Waals surface area contributed by atoms with Gasteiger partial charge in [0.1, 0.15) is 11.6 Å². The SMILES string of the molecule is CN(C)C(CNC(=O)CNC(=O)c1cccc(F)c1)c1ccco1. The van der Waals surface area contributed by atoms with Crippen molar-refractivity contribution in [3.8, 4) is 0 Å². The molecule has 24 heavy (non-hydrogen) atoms. The summed E-state index contributed by atoms with van der Waals surface area (Å²) in [5.74, 6) is -0.596. The van der Waals surface area contributed by atoms with Gasteiger partial charge in [0.25, 0.3) is 5.91 Å². The first-order valence-corrected chi connectivity index (χ1v) is 7.47. The number of hydrogen-bond acceptors (Lipinski definition) is 4. The molecule has 2 amide bonds. The summed E-state index contributed by atoms with van der Waals surface area (Å²) in [6, 6.07) is 8.80. The van der Waals surface area contributed by atoms with E-state index in [1.54, 1.807) is 12.3 Å². The van der Waals surface area contributed by atoms with Crippen LogP contribution in [-0.4, -0.2) is 43.9 Å². The molecule has 2 aromatic rings. The first-order chi connectivity index (χ1) is 11.5. The molecule has 1 aromatic carbocycles. The molecule has 0 saturated heterocycles. The highest BCUT2D eigenvalue weighted by Crippen LogP contribution is 2.17. The molecule has 1 unspecified atom stereocenters. The largest absolute Gasteiger partial charge is 0.468 e. The Morgan fingerprint density at radius 1 is 1.21 bits per heavy atom. The first-order valence-electron chi connectivity index (χ1n) is 7.47. The monoisotopic (exact) mass is 333 g/mol. The van der Waals surface area contributed by atoms with Crippen molar-refractivity contribution in [2.24, 2.45) is 0 Å². The highest BCUT2D eigenvalue weighted by atomic mass is 19.1. The number of nitrogens with zero attached hydrogens (tertiary/aromatic N) is 1. The second kappa shape index (κ2) is 8.26. The van der Waals surface area contributed by atoms with Gasteiger partial charge in [-0.1, -0.05) is 6.07 Å². The van der Waals surface area contributed by atoms with Crippen molar-refractivity contribution < 1.29 is 18.4 Å². The van der Waals surface area contributed by atoms with E-state index < -0.39 is 11.7 Å². The fraction of sp³-hybridized carbons (Fsp3) is 0.294. The zero-order chi connectivity index (χ0) is 17.5. The van der Waals surface area contributed by atoms with E-state index in [1.165, 1.54) is 18.2 Å². The maximum absolute atomic E-state index is 13.1. The summed E-state index contributed by atoms with van der Waals surface area (Å²) >= 11 is 0. The summed E-state index contributed by atoms with van der Waals surface area (Å²) in [7, 11) is 3.76. The fourth-order valence-electron chi connectivity index (χ4n) is 2.18. The van der Waals surface area contributed by atoms with E-state index in [4.69, 9.17) is 4.42 Å². The van der Waals surface area contributed by atoms with Gasteiger partial charge in [-0.25, -0.2) is 4.39 Å². The normalized spacial score (nSPS) is 12.0. The number of carbonyl (C=O) groups is 2. The van der Waals surface area contributed by atoms with Crippen molar-refractivity contribution in [1.29, 1.82) is 0 Å². The van der Waals surface area contributed by atoms with E-state index in [2.05, 4.69) is 10.6 Å². The molecule has 1 aromatic heterocycles. The molecule has 0 spiro atoms. The van der Waals surface area contributed by atoms with Crippen molar-refractivity contribution in [3.05, 3.63) is 59.8 Å². The van der Waals surface area contributed by atoms with Crippen LogP contribution in [0.2, 0.25) is 0 Å². The average Bonchev–Trinajstić information content (AvgIpc) is 3.06. The van der Waals surface area contributed by atoms with Crippen LogP contribution in [0.5, 0.6) is 0 Å². The molecule has 2 N–H and O–H groups in total. The summed E-state index contributed by atoms with van der Waals surface area (Å²) in [6.07, 6.45) is 1.58. The number of benzene rings is 1. The molecular weight excluding hydrogens is 313 g/mol. The molecule has 2 rings (SSSR count). The average molecular weight is 333 g/mol. The Kier molecular flexibility index (Phi) is 6.08. The highest BCUT2D eigenvalue weighted by Gasteiger charge is 2.18. The molecule has 0 aliphatic heterocycles. The Bertz CT molecular complexity index is 686. The standard InChI is InChI=1S/C17H20FN3O3/c1-21(2)14(15-7-4-8-24-15)10-19-16(22)11-20-17(23)12-5-3-6-13(18)9-12/h3-9,14H,10-11H2,1-2H3,(H,19,22)(H,20,23). The van der Waals surface area contributed by atoms with E-state index in [-0.39, 0.29) is 24.1 Å². The lowest BCUT2D eigenvalue weighted by atomic mass is 10.2. The van der Waals surface area contributed by atoms with E-state index in [0.717, 1.165) is 11.8 Å². The number of furan rings is 1. The van der Waals surface area contributed by atoms with Gasteiger partial charge >= 0.3 is 0 Å². The third-order valence-corrected chi connectivity index (χ3v) is 3.48. The lowest BCUT2D eigenvalue weighted by Crippen LogP contribution is -2.40. The number of likely N-dealkylation sites (N-methyl/N-ethyl adjacent to an activating group) is 1. The van der Waals surface area contributed by atoms with E-state index in [1.807, 2.05) is 25.1 Å². The summed E-state index contributed by atoms with van der Waals surface area (Å²) < 4.78 is 18.4. The molecule has 6 nitrogen and oxygen atoms in total. The van der Waals surface area contributed by atoms with Crippen molar-refractivity contribution in [2.75, 3.05) is 27.2 Å². The van der Waals surface area contributed by atoms with Crippen LogP contribution in [0.25, 0.3) is 0 Å². The van der Waals surface area contributed by atoms with Crippen LogP contribution in [0.3, 0.4) is 0 Å². The number of amides is 2. The summed E-state index contributed by atoms with van der Waals surface area (Å²) in [4.78, 5) is 25.7. The van der Waals surface area contributed by atoms with Crippen LogP contribution in [0.4, 0.5) is 4.39 Å². The van der Waals surface area contributed by atoms with Crippen molar-refractivity contribution in [2.45, 2.75) is 6.04 Å².